The van der Waals surface area contributed by atoms with Crippen LogP contribution in [0, 0.1) is 0 Å². The molecule has 1 N–H and O–H groups in total. The van der Waals surface area contributed by atoms with Gasteiger partial charge in [-0.25, -0.2) is 0 Å². The van der Waals surface area contributed by atoms with Crippen molar-refractivity contribution >= 4 is 0 Å². The first-order valence-corrected chi connectivity index (χ1v) is 7.21. The molecular formula is C18H22O3. The zero-order chi connectivity index (χ0) is 15.2. The molecule has 112 valence electrons. The number of aryl methyl sites for hydroxylation is 1. The summed E-state index contributed by atoms with van der Waals surface area (Å²) < 4.78 is 11.0. The molecule has 2 aromatic carbocycles. The van der Waals surface area contributed by atoms with Gasteiger partial charge < -0.3 is 14.6 Å². The summed E-state index contributed by atoms with van der Waals surface area (Å²) in [4.78, 5) is 0. The van der Waals surface area contributed by atoms with Gasteiger partial charge in [0.1, 0.15) is 23.7 Å². The van der Waals surface area contributed by atoms with E-state index in [2.05, 4.69) is 13.0 Å². The molecule has 0 heterocycles. The van der Waals surface area contributed by atoms with E-state index in [0.717, 1.165) is 23.5 Å². The second-order valence-corrected chi connectivity index (χ2v) is 5.04. The van der Waals surface area contributed by atoms with Gasteiger partial charge in [0.05, 0.1) is 7.11 Å². The Morgan fingerprint density at radius 3 is 2.38 bits per heavy atom. The van der Waals surface area contributed by atoms with Crippen molar-refractivity contribution in [1.29, 1.82) is 0 Å². The van der Waals surface area contributed by atoms with Crippen LogP contribution < -0.4 is 9.47 Å². The smallest absolute Gasteiger partial charge is 0.126 e. The monoisotopic (exact) mass is 286 g/mol. The van der Waals surface area contributed by atoms with Crippen LogP contribution in [0.25, 0.3) is 0 Å². The number of methoxy groups -OCH3 is 1. The van der Waals surface area contributed by atoms with E-state index in [0.29, 0.717) is 0 Å². The minimum atomic E-state index is -0.679. The van der Waals surface area contributed by atoms with Gasteiger partial charge in [0.2, 0.25) is 0 Å². The summed E-state index contributed by atoms with van der Waals surface area (Å²) in [5, 5.41) is 10.4. The van der Waals surface area contributed by atoms with Crippen molar-refractivity contribution in [2.75, 3.05) is 7.11 Å². The van der Waals surface area contributed by atoms with Gasteiger partial charge in [0.15, 0.2) is 0 Å². The Morgan fingerprint density at radius 2 is 1.76 bits per heavy atom. The lowest BCUT2D eigenvalue weighted by Gasteiger charge is -2.21. The molecule has 0 saturated carbocycles. The first-order chi connectivity index (χ1) is 10.1. The number of hydrogen-bond acceptors (Lipinski definition) is 3. The molecule has 0 fully saturated rings. The number of rotatable bonds is 6. The Kier molecular flexibility index (Phi) is 5.23. The molecule has 3 nitrogen and oxygen atoms in total. The van der Waals surface area contributed by atoms with Gasteiger partial charge >= 0.3 is 0 Å². The lowest BCUT2D eigenvalue weighted by molar-refractivity contribution is 0.0467. The molecule has 0 radical (unpaired) electrons. The Bertz CT molecular complexity index is 563. The van der Waals surface area contributed by atoms with Crippen molar-refractivity contribution in [3.8, 4) is 11.5 Å². The molecule has 2 rings (SSSR count). The molecule has 0 bridgehead atoms. The quantitative estimate of drug-likeness (QED) is 0.878. The van der Waals surface area contributed by atoms with Crippen LogP contribution >= 0.6 is 0 Å². The van der Waals surface area contributed by atoms with Crippen LogP contribution in [0.5, 0.6) is 11.5 Å². The van der Waals surface area contributed by atoms with E-state index in [1.54, 1.807) is 7.11 Å². The SMILES string of the molecule is CCc1cccc(OC(C)C(O)c2ccc(OC)cc2)c1. The zero-order valence-electron chi connectivity index (χ0n) is 12.7. The molecule has 2 atom stereocenters. The van der Waals surface area contributed by atoms with Crippen molar-refractivity contribution in [3.63, 3.8) is 0 Å². The van der Waals surface area contributed by atoms with Crippen molar-refractivity contribution in [3.05, 3.63) is 59.7 Å². The van der Waals surface area contributed by atoms with Gasteiger partial charge in [0.25, 0.3) is 0 Å². The second kappa shape index (κ2) is 7.14. The number of aliphatic hydroxyl groups excluding tert-OH is 1. The van der Waals surface area contributed by atoms with Crippen LogP contribution in [0.2, 0.25) is 0 Å². The summed E-state index contributed by atoms with van der Waals surface area (Å²) in [5.41, 5.74) is 2.04. The molecule has 0 aliphatic rings. The van der Waals surface area contributed by atoms with E-state index in [1.165, 1.54) is 5.56 Å². The molecule has 21 heavy (non-hydrogen) atoms. The lowest BCUT2D eigenvalue weighted by atomic mass is 10.1. The van der Waals surface area contributed by atoms with Gasteiger partial charge in [-0.1, -0.05) is 31.2 Å². The molecule has 0 saturated heterocycles. The Balaban J connectivity index is 2.05. The van der Waals surface area contributed by atoms with E-state index in [4.69, 9.17) is 9.47 Å². The third kappa shape index (κ3) is 3.99. The lowest BCUT2D eigenvalue weighted by Crippen LogP contribution is -2.21. The first-order valence-electron chi connectivity index (χ1n) is 7.21. The fourth-order valence-corrected chi connectivity index (χ4v) is 2.19. The Morgan fingerprint density at radius 1 is 1.05 bits per heavy atom. The molecule has 0 aromatic heterocycles. The third-order valence-electron chi connectivity index (χ3n) is 3.53. The maximum Gasteiger partial charge on any atom is 0.126 e. The molecule has 0 aliphatic carbocycles. The van der Waals surface area contributed by atoms with Crippen LogP contribution in [-0.4, -0.2) is 18.3 Å². The molecule has 2 unspecified atom stereocenters. The average molecular weight is 286 g/mol. The van der Waals surface area contributed by atoms with Crippen molar-refractivity contribution in [2.45, 2.75) is 32.5 Å². The highest BCUT2D eigenvalue weighted by Crippen LogP contribution is 2.24. The summed E-state index contributed by atoms with van der Waals surface area (Å²) in [7, 11) is 1.62. The highest BCUT2D eigenvalue weighted by Gasteiger charge is 2.18. The van der Waals surface area contributed by atoms with Crippen LogP contribution in [-0.2, 0) is 6.42 Å². The highest BCUT2D eigenvalue weighted by atomic mass is 16.5. The summed E-state index contributed by atoms with van der Waals surface area (Å²) in [6.07, 6.45) is -0.0428. The van der Waals surface area contributed by atoms with E-state index >= 15 is 0 Å². The maximum absolute atomic E-state index is 10.4. The molecular weight excluding hydrogens is 264 g/mol. The highest BCUT2D eigenvalue weighted by molar-refractivity contribution is 5.30. The fraction of sp³-hybridized carbons (Fsp3) is 0.333. The largest absolute Gasteiger partial charge is 0.497 e. The first kappa shape index (κ1) is 15.4. The third-order valence-corrected chi connectivity index (χ3v) is 3.53. The number of ether oxygens (including phenoxy) is 2. The number of hydrogen-bond donors (Lipinski definition) is 1. The summed E-state index contributed by atoms with van der Waals surface area (Å²) in [6, 6.07) is 15.3. The van der Waals surface area contributed by atoms with E-state index < -0.39 is 6.10 Å². The minimum Gasteiger partial charge on any atom is -0.497 e. The Hall–Kier alpha value is -2.00. The van der Waals surface area contributed by atoms with Crippen molar-refractivity contribution < 1.29 is 14.6 Å². The van der Waals surface area contributed by atoms with Gasteiger partial charge in [-0.15, -0.1) is 0 Å². The molecule has 2 aromatic rings. The van der Waals surface area contributed by atoms with Gasteiger partial charge in [-0.3, -0.25) is 0 Å². The van der Waals surface area contributed by atoms with E-state index in [1.807, 2.05) is 49.4 Å². The molecule has 0 amide bonds. The maximum atomic E-state index is 10.4. The second-order valence-electron chi connectivity index (χ2n) is 5.04. The predicted octanol–water partition coefficient (Wildman–Crippen LogP) is 3.76. The minimum absolute atomic E-state index is 0.328. The standard InChI is InChI=1S/C18H22O3/c1-4-14-6-5-7-17(12-14)21-13(2)18(19)15-8-10-16(20-3)11-9-15/h5-13,18-19H,4H2,1-3H3. The summed E-state index contributed by atoms with van der Waals surface area (Å²) >= 11 is 0. The molecule has 0 spiro atoms. The van der Waals surface area contributed by atoms with Gasteiger partial charge in [-0.05, 0) is 48.7 Å². The van der Waals surface area contributed by atoms with Gasteiger partial charge in [-0.2, -0.15) is 0 Å². The zero-order valence-corrected chi connectivity index (χ0v) is 12.7. The fourth-order valence-electron chi connectivity index (χ4n) is 2.19. The number of benzene rings is 2. The topological polar surface area (TPSA) is 38.7 Å². The van der Waals surface area contributed by atoms with Crippen molar-refractivity contribution in [2.24, 2.45) is 0 Å². The van der Waals surface area contributed by atoms with E-state index in [-0.39, 0.29) is 6.10 Å². The van der Waals surface area contributed by atoms with E-state index in [9.17, 15) is 5.11 Å². The van der Waals surface area contributed by atoms with Crippen LogP contribution in [0.15, 0.2) is 48.5 Å². The summed E-state index contributed by atoms with van der Waals surface area (Å²) in [5.74, 6) is 1.56. The van der Waals surface area contributed by atoms with Crippen molar-refractivity contribution in [1.82, 2.24) is 0 Å². The van der Waals surface area contributed by atoms with Crippen LogP contribution in [0.4, 0.5) is 0 Å². The predicted molar refractivity (Wildman–Crippen MR) is 83.9 cm³/mol. The summed E-state index contributed by atoms with van der Waals surface area (Å²) in [6.45, 7) is 3.97. The van der Waals surface area contributed by atoms with Crippen LogP contribution in [0.3, 0.4) is 0 Å². The Labute approximate surface area is 126 Å². The molecule has 0 aliphatic heterocycles. The number of aliphatic hydroxyl groups is 1. The average Bonchev–Trinajstić information content (AvgIpc) is 2.54. The molecule has 3 heteroatoms. The van der Waals surface area contributed by atoms with Gasteiger partial charge in [0, 0.05) is 0 Å². The normalized spacial score (nSPS) is 13.5. The van der Waals surface area contributed by atoms with Crippen LogP contribution in [0.1, 0.15) is 31.1 Å².